The molecule has 108 valence electrons. The van der Waals surface area contributed by atoms with Crippen LogP contribution in [0.15, 0.2) is 11.2 Å². The predicted octanol–water partition coefficient (Wildman–Crippen LogP) is 0.395. The van der Waals surface area contributed by atoms with E-state index in [2.05, 4.69) is 21.9 Å². The molecule has 1 aliphatic heterocycles. The summed E-state index contributed by atoms with van der Waals surface area (Å²) in [5, 5.41) is 3.47. The number of hydrogen-bond acceptors (Lipinski definition) is 4. The van der Waals surface area contributed by atoms with E-state index in [0.717, 1.165) is 19.4 Å². The highest BCUT2D eigenvalue weighted by Crippen LogP contribution is 2.14. The van der Waals surface area contributed by atoms with Crippen LogP contribution >= 0.6 is 0 Å². The number of piperidine rings is 1. The first-order valence-electron chi connectivity index (χ1n) is 6.61. The van der Waals surface area contributed by atoms with E-state index in [1.165, 1.54) is 0 Å². The molecule has 6 nitrogen and oxygen atoms in total. The Morgan fingerprint density at radius 1 is 1.53 bits per heavy atom. The molecular weight excluding hydrogens is 264 g/mol. The summed E-state index contributed by atoms with van der Waals surface area (Å²) in [5.41, 5.74) is 0. The standard InChI is InChI=1S/C12H22N4O2S/c1-9-4-5-11(6-13-9)7-14-19(17,18)12-8-16(3)10(2)15-12/h8-9,11,13-14H,4-7H2,1-3H3. The number of rotatable bonds is 4. The first kappa shape index (κ1) is 14.5. The average Bonchev–Trinajstić information content (AvgIpc) is 2.70. The van der Waals surface area contributed by atoms with Gasteiger partial charge in [0.15, 0.2) is 5.03 Å². The summed E-state index contributed by atoms with van der Waals surface area (Å²) in [4.78, 5) is 4.05. The van der Waals surface area contributed by atoms with E-state index >= 15 is 0 Å². The van der Waals surface area contributed by atoms with Gasteiger partial charge >= 0.3 is 0 Å². The molecule has 0 amide bonds. The van der Waals surface area contributed by atoms with Crippen molar-refractivity contribution >= 4 is 10.0 Å². The minimum atomic E-state index is -3.48. The van der Waals surface area contributed by atoms with Crippen molar-refractivity contribution in [3.05, 3.63) is 12.0 Å². The maximum absolute atomic E-state index is 12.1. The third-order valence-electron chi connectivity index (χ3n) is 3.69. The second-order valence-electron chi connectivity index (χ2n) is 5.34. The summed E-state index contributed by atoms with van der Waals surface area (Å²) < 4.78 is 28.6. The summed E-state index contributed by atoms with van der Waals surface area (Å²) in [7, 11) is -1.70. The molecule has 1 fully saturated rings. The van der Waals surface area contributed by atoms with Crippen molar-refractivity contribution in [3.63, 3.8) is 0 Å². The molecule has 1 aliphatic rings. The van der Waals surface area contributed by atoms with E-state index in [1.54, 1.807) is 24.7 Å². The zero-order valence-corrected chi connectivity index (χ0v) is 12.5. The fraction of sp³-hybridized carbons (Fsp3) is 0.750. The van der Waals surface area contributed by atoms with Crippen molar-refractivity contribution in [3.8, 4) is 0 Å². The zero-order chi connectivity index (χ0) is 14.0. The molecule has 1 aromatic heterocycles. The predicted molar refractivity (Wildman–Crippen MR) is 73.3 cm³/mol. The average molecular weight is 286 g/mol. The van der Waals surface area contributed by atoms with Gasteiger partial charge in [-0.05, 0) is 39.2 Å². The lowest BCUT2D eigenvalue weighted by Gasteiger charge is -2.27. The van der Waals surface area contributed by atoms with Crippen LogP contribution < -0.4 is 10.0 Å². The number of nitrogens with zero attached hydrogens (tertiary/aromatic N) is 2. The molecule has 1 aromatic rings. The Morgan fingerprint density at radius 2 is 2.26 bits per heavy atom. The summed E-state index contributed by atoms with van der Waals surface area (Å²) in [6, 6.07) is 0.534. The normalized spacial score (nSPS) is 24.6. The maximum Gasteiger partial charge on any atom is 0.259 e. The molecule has 0 bridgehead atoms. The van der Waals surface area contributed by atoms with Crippen molar-refractivity contribution < 1.29 is 8.42 Å². The summed E-state index contributed by atoms with van der Waals surface area (Å²) in [6.45, 7) is 5.27. The van der Waals surface area contributed by atoms with Gasteiger partial charge in [-0.3, -0.25) is 0 Å². The van der Waals surface area contributed by atoms with Crippen molar-refractivity contribution in [2.45, 2.75) is 37.8 Å². The SMILES string of the molecule is Cc1nc(S(=O)(=O)NCC2CCC(C)NC2)cn1C. The van der Waals surface area contributed by atoms with E-state index < -0.39 is 10.0 Å². The fourth-order valence-corrected chi connectivity index (χ4v) is 3.34. The number of nitrogens with one attached hydrogen (secondary N) is 2. The Kier molecular flexibility index (Phi) is 4.27. The molecule has 2 unspecified atom stereocenters. The molecule has 0 radical (unpaired) electrons. The lowest BCUT2D eigenvalue weighted by atomic mass is 9.96. The van der Waals surface area contributed by atoms with Gasteiger partial charge in [0, 0.05) is 25.8 Å². The molecule has 1 saturated heterocycles. The van der Waals surface area contributed by atoms with Crippen LogP contribution in [0.4, 0.5) is 0 Å². The first-order valence-corrected chi connectivity index (χ1v) is 8.10. The number of aryl methyl sites for hydroxylation is 2. The molecular formula is C12H22N4O2S. The van der Waals surface area contributed by atoms with Crippen molar-refractivity contribution in [1.82, 2.24) is 19.6 Å². The molecule has 7 heteroatoms. The quantitative estimate of drug-likeness (QED) is 0.840. The molecule has 2 heterocycles. The lowest BCUT2D eigenvalue weighted by molar-refractivity contribution is 0.323. The van der Waals surface area contributed by atoms with E-state index in [-0.39, 0.29) is 5.03 Å². The molecule has 2 rings (SSSR count). The minimum absolute atomic E-state index is 0.102. The number of hydrogen-bond donors (Lipinski definition) is 2. The molecule has 0 aromatic carbocycles. The monoisotopic (exact) mass is 286 g/mol. The van der Waals surface area contributed by atoms with E-state index in [9.17, 15) is 8.42 Å². The van der Waals surface area contributed by atoms with Crippen LogP contribution in [-0.2, 0) is 17.1 Å². The largest absolute Gasteiger partial charge is 0.337 e. The second kappa shape index (κ2) is 5.60. The summed E-state index contributed by atoms with van der Waals surface area (Å²) in [6.07, 6.45) is 3.69. The Hall–Kier alpha value is -0.920. The highest BCUT2D eigenvalue weighted by molar-refractivity contribution is 7.89. The van der Waals surface area contributed by atoms with E-state index in [1.807, 2.05) is 0 Å². The van der Waals surface area contributed by atoms with Crippen molar-refractivity contribution in [2.24, 2.45) is 13.0 Å². The van der Waals surface area contributed by atoms with Gasteiger partial charge in [-0.15, -0.1) is 0 Å². The highest BCUT2D eigenvalue weighted by atomic mass is 32.2. The Labute approximate surface area is 114 Å². The molecule has 0 saturated carbocycles. The van der Waals surface area contributed by atoms with Gasteiger partial charge in [-0.1, -0.05) is 0 Å². The molecule has 19 heavy (non-hydrogen) atoms. The molecule has 2 N–H and O–H groups in total. The Bertz CT molecular complexity index is 510. The second-order valence-corrected chi connectivity index (χ2v) is 7.06. The van der Waals surface area contributed by atoms with Crippen molar-refractivity contribution in [2.75, 3.05) is 13.1 Å². The van der Waals surface area contributed by atoms with Crippen LogP contribution in [0.1, 0.15) is 25.6 Å². The van der Waals surface area contributed by atoms with Gasteiger partial charge in [0.25, 0.3) is 10.0 Å². The van der Waals surface area contributed by atoms with Crippen LogP contribution in [0, 0.1) is 12.8 Å². The third kappa shape index (κ3) is 3.55. The lowest BCUT2D eigenvalue weighted by Crippen LogP contribution is -2.41. The van der Waals surface area contributed by atoms with Gasteiger partial charge in [0.05, 0.1) is 0 Å². The maximum atomic E-state index is 12.1. The number of aromatic nitrogens is 2. The molecule has 2 atom stereocenters. The zero-order valence-electron chi connectivity index (χ0n) is 11.7. The van der Waals surface area contributed by atoms with Crippen LogP contribution in [0.3, 0.4) is 0 Å². The third-order valence-corrected chi connectivity index (χ3v) is 4.98. The Morgan fingerprint density at radius 3 is 2.79 bits per heavy atom. The van der Waals surface area contributed by atoms with Crippen LogP contribution in [0.25, 0.3) is 0 Å². The highest BCUT2D eigenvalue weighted by Gasteiger charge is 2.22. The van der Waals surface area contributed by atoms with Gasteiger partial charge in [0.1, 0.15) is 5.82 Å². The van der Waals surface area contributed by atoms with E-state index in [0.29, 0.717) is 24.3 Å². The summed E-state index contributed by atoms with van der Waals surface area (Å²) in [5.74, 6) is 1.05. The van der Waals surface area contributed by atoms with Crippen LogP contribution in [-0.4, -0.2) is 37.1 Å². The van der Waals surface area contributed by atoms with Gasteiger partial charge in [-0.2, -0.15) is 0 Å². The summed E-state index contributed by atoms with van der Waals surface area (Å²) >= 11 is 0. The van der Waals surface area contributed by atoms with Gasteiger partial charge in [-0.25, -0.2) is 18.1 Å². The smallest absolute Gasteiger partial charge is 0.259 e. The fourth-order valence-electron chi connectivity index (χ4n) is 2.19. The van der Waals surface area contributed by atoms with Crippen LogP contribution in [0.2, 0.25) is 0 Å². The molecule has 0 aliphatic carbocycles. The molecule has 0 spiro atoms. The number of sulfonamides is 1. The number of imidazole rings is 1. The van der Waals surface area contributed by atoms with Gasteiger partial charge < -0.3 is 9.88 Å². The van der Waals surface area contributed by atoms with Crippen LogP contribution in [0.5, 0.6) is 0 Å². The first-order chi connectivity index (χ1) is 8.88. The minimum Gasteiger partial charge on any atom is -0.337 e. The van der Waals surface area contributed by atoms with E-state index in [4.69, 9.17) is 0 Å². The van der Waals surface area contributed by atoms with Gasteiger partial charge in [0.2, 0.25) is 0 Å². The topological polar surface area (TPSA) is 76.0 Å². The Balaban J connectivity index is 1.94. The van der Waals surface area contributed by atoms with Crippen molar-refractivity contribution in [1.29, 1.82) is 0 Å².